The zero-order valence-corrected chi connectivity index (χ0v) is 79.0. The largest absolute Gasteiger partial charge is 0.310 e. The Morgan fingerprint density at radius 3 is 0.820 bits per heavy atom. The van der Waals surface area contributed by atoms with Gasteiger partial charge in [0.15, 0.2) is 0 Å². The van der Waals surface area contributed by atoms with Crippen molar-refractivity contribution in [3.63, 3.8) is 0 Å². The summed E-state index contributed by atoms with van der Waals surface area (Å²) < 4.78 is 2.29. The molecule has 2 heterocycles. The average Bonchev–Trinajstić information content (AvgIpc) is 1.59. The third-order valence-electron chi connectivity index (χ3n) is 29.7. The molecule has 0 aromatic heterocycles. The van der Waals surface area contributed by atoms with Gasteiger partial charge in [-0.05, 0) is 292 Å². The Labute approximate surface area is 744 Å². The minimum Gasteiger partial charge on any atom is -0.310 e. The van der Waals surface area contributed by atoms with E-state index in [1.54, 1.807) is 0 Å². The van der Waals surface area contributed by atoms with E-state index in [1.807, 2.05) is 0 Å². The first kappa shape index (κ1) is 81.3. The van der Waals surface area contributed by atoms with Crippen LogP contribution in [0.15, 0.2) is 282 Å². The fourth-order valence-electron chi connectivity index (χ4n) is 22.2. The first-order chi connectivity index (χ1) is 57.5. The Morgan fingerprint density at radius 2 is 0.467 bits per heavy atom. The maximum atomic E-state index is 3.67. The summed E-state index contributed by atoms with van der Waals surface area (Å²) in [6, 6.07) is 105. The van der Waals surface area contributed by atoms with Crippen molar-refractivity contribution < 1.29 is 0 Å². The standard InChI is InChI=1S/C68H68N2.C30H24Br2.C20H24/c1-63(2,3)43-25-33-61-57(37-43)65(7,8)51-19-15-17-21-59(51)69(61)45-27-31-49-47-29-23-41(35-53(47)67(11,12)55(49)39-45)42-24-30-48-50-32-28-46(40-56(50)68(13,14)54(48)36-42)70-60-22-18-16-20-52(60)66(9,10)58-38-44(64(4,5)6)26-34-62(58)70;1-29(2)25-13-17(5-9-21(25)23-11-7-19(31)15-27(23)29)18-6-10-22-24-12-8-20(32)16-28(24)30(3,4)26(22)14-18;1-19(2,3)16-11-10-15-12-14-8-6-7-9-17(14)20(4,5)18(15)13-16/h15-40H,1-14H3;5-16H,1-4H3;6-11,13H,12H2,1-5H3. The third-order valence-corrected chi connectivity index (χ3v) is 30.7. The molecule has 0 saturated carbocycles. The lowest BCUT2D eigenvalue weighted by molar-refractivity contribution is 0.574. The Bertz CT molecular complexity index is 6390. The first-order valence-corrected chi connectivity index (χ1v) is 45.9. The van der Waals surface area contributed by atoms with Gasteiger partial charge in [0, 0.05) is 58.2 Å². The SMILES string of the molecule is CC(C)(C)c1ccc2c(c1)C(C)(C)c1ccccc1C2.CC(C)(C)c1ccc2c(c1)C(C)(C)c1ccccc1N2c1ccc2c(c1)C(C)(C)c1cc(-c3ccc4c(c3)C(C)(C)c3cc(N5c6ccccc6C(C)(C)c6cc(C(C)(C)C)ccc65)ccc3-4)ccc1-2.CC1(C)c2cc(Br)ccc2-c2ccc(-c3ccc4c(c3)C(C)(C)c3cc(Br)ccc3-4)cc21. The average molecular weight is 1720 g/mol. The van der Waals surface area contributed by atoms with Crippen molar-refractivity contribution in [1.82, 2.24) is 0 Å². The van der Waals surface area contributed by atoms with Crippen LogP contribution in [0.3, 0.4) is 0 Å². The predicted molar refractivity (Wildman–Crippen MR) is 527 cm³/mol. The summed E-state index contributed by atoms with van der Waals surface area (Å²) >= 11 is 7.33. The van der Waals surface area contributed by atoms with Crippen LogP contribution >= 0.6 is 31.9 Å². The number of benzene rings is 14. The topological polar surface area (TPSA) is 6.48 Å². The second kappa shape index (κ2) is 27.8. The van der Waals surface area contributed by atoms with Crippen LogP contribution in [0.1, 0.15) is 265 Å². The minimum atomic E-state index is -0.192. The summed E-state index contributed by atoms with van der Waals surface area (Å²) in [6.07, 6.45) is 1.07. The second-order valence-electron chi connectivity index (χ2n) is 42.9. The number of halogens is 2. The van der Waals surface area contributed by atoms with Crippen molar-refractivity contribution in [1.29, 1.82) is 0 Å². The molecule has 0 spiro atoms. The number of nitrogens with zero attached hydrogens (tertiary/aromatic N) is 2. The van der Waals surface area contributed by atoms with Gasteiger partial charge in [0.1, 0.15) is 0 Å². The zero-order chi connectivity index (χ0) is 86.2. The third kappa shape index (κ3) is 12.7. The summed E-state index contributed by atoms with van der Waals surface area (Å²) in [4.78, 5) is 5.04. The summed E-state index contributed by atoms with van der Waals surface area (Å²) in [7, 11) is 0. The van der Waals surface area contributed by atoms with Gasteiger partial charge in [-0.25, -0.2) is 0 Å². The second-order valence-corrected chi connectivity index (χ2v) is 44.7. The smallest absolute Gasteiger partial charge is 0.0502 e. The predicted octanol–water partition coefficient (Wildman–Crippen LogP) is 33.5. The molecule has 7 aliphatic rings. The molecule has 5 aliphatic carbocycles. The number of hydrogen-bond acceptors (Lipinski definition) is 2. The molecular weight excluding hydrogens is 1610 g/mol. The maximum absolute atomic E-state index is 3.67. The fraction of sp³-hybridized carbons (Fsp3) is 0.288. The van der Waals surface area contributed by atoms with Crippen LogP contribution in [0.2, 0.25) is 0 Å². The Hall–Kier alpha value is -10.4. The van der Waals surface area contributed by atoms with Gasteiger partial charge in [0.25, 0.3) is 0 Å². The van der Waals surface area contributed by atoms with Gasteiger partial charge < -0.3 is 9.80 Å². The van der Waals surface area contributed by atoms with E-state index < -0.39 is 0 Å². The summed E-state index contributed by atoms with van der Waals surface area (Å²) in [5, 5.41) is 0. The lowest BCUT2D eigenvalue weighted by atomic mass is 9.68. The minimum absolute atomic E-state index is 0.0109. The molecule has 0 saturated heterocycles. The monoisotopic (exact) mass is 1720 g/mol. The molecule has 0 amide bonds. The maximum Gasteiger partial charge on any atom is 0.0502 e. The Morgan fingerprint density at radius 1 is 0.213 bits per heavy atom. The van der Waals surface area contributed by atoms with Crippen molar-refractivity contribution >= 4 is 66.0 Å². The molecular formula is C118H116Br2N2. The quantitative estimate of drug-likeness (QED) is 0.173. The molecule has 612 valence electrons. The molecule has 21 rings (SSSR count). The highest BCUT2D eigenvalue weighted by molar-refractivity contribution is 9.10. The van der Waals surface area contributed by atoms with Crippen LogP contribution in [-0.4, -0.2) is 0 Å². The molecule has 0 unspecified atom stereocenters. The van der Waals surface area contributed by atoms with Crippen molar-refractivity contribution in [2.45, 2.75) is 220 Å². The molecule has 0 N–H and O–H groups in total. The highest BCUT2D eigenvalue weighted by Gasteiger charge is 2.45. The number of anilines is 6. The number of para-hydroxylation sites is 2. The highest BCUT2D eigenvalue weighted by Crippen LogP contribution is 2.61. The van der Waals surface area contributed by atoms with E-state index >= 15 is 0 Å². The molecule has 2 nitrogen and oxygen atoms in total. The van der Waals surface area contributed by atoms with Crippen LogP contribution in [0.5, 0.6) is 0 Å². The van der Waals surface area contributed by atoms with Crippen molar-refractivity contribution in [3.8, 4) is 66.8 Å². The molecule has 0 fully saturated rings. The van der Waals surface area contributed by atoms with Crippen LogP contribution in [0.4, 0.5) is 34.1 Å². The Balaban J connectivity index is 0.000000153. The van der Waals surface area contributed by atoms with E-state index in [0.29, 0.717) is 0 Å². The van der Waals surface area contributed by atoms with Gasteiger partial charge in [-0.15, -0.1) is 0 Å². The van der Waals surface area contributed by atoms with Crippen LogP contribution in [0, 0.1) is 0 Å². The normalized spacial score (nSPS) is 16.8. The van der Waals surface area contributed by atoms with Crippen molar-refractivity contribution in [2.24, 2.45) is 0 Å². The zero-order valence-electron chi connectivity index (χ0n) is 75.8. The van der Waals surface area contributed by atoms with E-state index in [2.05, 4.69) is 474 Å². The molecule has 14 aromatic carbocycles. The van der Waals surface area contributed by atoms with Gasteiger partial charge in [-0.2, -0.15) is 0 Å². The van der Waals surface area contributed by atoms with Crippen molar-refractivity contribution in [2.75, 3.05) is 9.80 Å². The fourth-order valence-corrected chi connectivity index (χ4v) is 22.9. The van der Waals surface area contributed by atoms with E-state index in [-0.39, 0.29) is 54.1 Å². The number of fused-ring (bicyclic) bond motifs is 18. The molecule has 2 aliphatic heterocycles. The van der Waals surface area contributed by atoms with Gasteiger partial charge in [0.05, 0.1) is 22.7 Å². The van der Waals surface area contributed by atoms with Gasteiger partial charge in [0.2, 0.25) is 0 Å². The van der Waals surface area contributed by atoms with Crippen LogP contribution < -0.4 is 9.80 Å². The molecule has 122 heavy (non-hydrogen) atoms. The van der Waals surface area contributed by atoms with Gasteiger partial charge in [-0.3, -0.25) is 0 Å². The van der Waals surface area contributed by atoms with Gasteiger partial charge >= 0.3 is 0 Å². The lowest BCUT2D eigenvalue weighted by Crippen LogP contribution is -2.31. The van der Waals surface area contributed by atoms with Crippen LogP contribution in [-0.2, 0) is 60.6 Å². The molecule has 4 heteroatoms. The molecule has 14 aromatic rings. The first-order valence-electron chi connectivity index (χ1n) is 44.3. The van der Waals surface area contributed by atoms with E-state index in [9.17, 15) is 0 Å². The van der Waals surface area contributed by atoms with Crippen LogP contribution in [0.25, 0.3) is 66.8 Å². The molecule has 0 atom stereocenters. The number of rotatable bonds is 4. The van der Waals surface area contributed by atoms with Gasteiger partial charge in [-0.1, -0.05) is 367 Å². The highest BCUT2D eigenvalue weighted by atomic mass is 79.9. The van der Waals surface area contributed by atoms with E-state index in [4.69, 9.17) is 0 Å². The summed E-state index contributed by atoms with van der Waals surface area (Å²) in [6.45, 7) is 54.1. The lowest BCUT2D eigenvalue weighted by Gasteiger charge is -2.43. The summed E-state index contributed by atoms with van der Waals surface area (Å²) in [5.41, 5.74) is 49.9. The number of hydrogen-bond donors (Lipinski definition) is 0. The van der Waals surface area contributed by atoms with E-state index in [0.717, 1.165) is 15.4 Å². The molecule has 0 radical (unpaired) electrons. The Kier molecular flexibility index (Phi) is 18.5. The van der Waals surface area contributed by atoms with Crippen molar-refractivity contribution in [3.05, 3.63) is 388 Å². The summed E-state index contributed by atoms with van der Waals surface area (Å²) in [5.74, 6) is 0. The molecule has 0 bridgehead atoms. The van der Waals surface area contributed by atoms with E-state index in [1.165, 1.54) is 207 Å².